The van der Waals surface area contributed by atoms with E-state index in [2.05, 4.69) is 20.8 Å². The maximum absolute atomic E-state index is 12.6. The highest BCUT2D eigenvalue weighted by molar-refractivity contribution is 6.00. The molecule has 27 heavy (non-hydrogen) atoms. The lowest BCUT2D eigenvalue weighted by molar-refractivity contribution is -0.156. The second-order valence-corrected chi connectivity index (χ2v) is 8.24. The average molecular weight is 370 g/mol. The minimum Gasteiger partial charge on any atom is -0.462 e. The van der Waals surface area contributed by atoms with Crippen LogP contribution in [0.1, 0.15) is 69.3 Å². The molecule has 0 spiro atoms. The zero-order valence-corrected chi connectivity index (χ0v) is 16.7. The summed E-state index contributed by atoms with van der Waals surface area (Å²) in [7, 11) is 0. The van der Waals surface area contributed by atoms with Crippen molar-refractivity contribution in [3.05, 3.63) is 29.3 Å². The van der Waals surface area contributed by atoms with Crippen LogP contribution in [0.15, 0.2) is 18.2 Å². The lowest BCUT2D eigenvalue weighted by Gasteiger charge is -2.36. The molecule has 0 amide bonds. The molecule has 4 atom stereocenters. The Morgan fingerprint density at radius 3 is 2.59 bits per heavy atom. The molecule has 0 aromatic heterocycles. The number of hydrogen-bond donors (Lipinski definition) is 1. The third kappa shape index (κ3) is 5.32. The highest BCUT2D eigenvalue weighted by Gasteiger charge is 2.34. The average Bonchev–Trinajstić information content (AvgIpc) is 2.60. The van der Waals surface area contributed by atoms with Gasteiger partial charge >= 0.3 is 5.97 Å². The van der Waals surface area contributed by atoms with Gasteiger partial charge in [0.25, 0.3) is 0 Å². The van der Waals surface area contributed by atoms with E-state index in [-0.39, 0.29) is 30.0 Å². The number of carbonyl (C=O) groups excluding carboxylic acids is 2. The minimum atomic E-state index is -0.497. The van der Waals surface area contributed by atoms with Crippen LogP contribution in [0.25, 0.3) is 0 Å². The van der Waals surface area contributed by atoms with E-state index in [0.29, 0.717) is 28.9 Å². The van der Waals surface area contributed by atoms with E-state index in [0.717, 1.165) is 12.8 Å². The number of anilines is 1. The first-order chi connectivity index (χ1) is 12.7. The van der Waals surface area contributed by atoms with Crippen LogP contribution in [0.2, 0.25) is 0 Å². The fraction of sp³-hybridized carbons (Fsp3) is 0.591. The Morgan fingerprint density at radius 2 is 2.00 bits per heavy atom. The molecule has 1 fully saturated rings. The van der Waals surface area contributed by atoms with Gasteiger partial charge in [-0.05, 0) is 48.8 Å². The number of esters is 1. The van der Waals surface area contributed by atoms with E-state index in [1.165, 1.54) is 18.6 Å². The molecule has 5 heteroatoms. The van der Waals surface area contributed by atoms with Gasteiger partial charge in [-0.15, -0.1) is 0 Å². The van der Waals surface area contributed by atoms with Crippen molar-refractivity contribution in [2.75, 3.05) is 5.73 Å². The van der Waals surface area contributed by atoms with Crippen LogP contribution < -0.4 is 5.73 Å². The monoisotopic (exact) mass is 370 g/mol. The lowest BCUT2D eigenvalue weighted by atomic mass is 9.75. The highest BCUT2D eigenvalue weighted by atomic mass is 16.5. The fourth-order valence-electron chi connectivity index (χ4n) is 3.91. The number of hydrogen-bond acceptors (Lipinski definition) is 5. The molecule has 1 aromatic rings. The molecule has 146 valence electrons. The number of nitrogens with two attached hydrogens (primary N) is 1. The summed E-state index contributed by atoms with van der Waals surface area (Å²) in [5.41, 5.74) is 6.81. The Labute approximate surface area is 161 Å². The predicted molar refractivity (Wildman–Crippen MR) is 105 cm³/mol. The minimum absolute atomic E-state index is 0.0500. The number of ether oxygens (including phenoxy) is 1. The first kappa shape index (κ1) is 21.0. The van der Waals surface area contributed by atoms with Gasteiger partial charge in [0.1, 0.15) is 12.2 Å². The molecular formula is C22H30N2O3. The van der Waals surface area contributed by atoms with Gasteiger partial charge in [-0.25, -0.2) is 0 Å². The molecule has 1 saturated carbocycles. The normalized spacial score (nSPS) is 23.5. The standard InChI is InChI=1S/C22H30N2O3/c1-13(2)18-8-5-14(3)9-20(18)27-21(25)10-15(4)22(26)16-6-7-17(12-23)19(24)11-16/h6-7,11,13-15,18,20H,5,8-10,24H2,1-4H3/t14-,15-,18+,20-/m1/s1. The van der Waals surface area contributed by atoms with E-state index in [4.69, 9.17) is 15.7 Å². The Balaban J connectivity index is 1.99. The number of nitrogen functional groups attached to an aromatic ring is 1. The van der Waals surface area contributed by atoms with E-state index >= 15 is 0 Å². The molecule has 0 unspecified atom stereocenters. The second-order valence-electron chi connectivity index (χ2n) is 8.24. The maximum Gasteiger partial charge on any atom is 0.306 e. The molecule has 0 radical (unpaired) electrons. The number of nitrogens with zero attached hydrogens (tertiary/aromatic N) is 1. The number of nitriles is 1. The molecule has 0 saturated heterocycles. The first-order valence-electron chi connectivity index (χ1n) is 9.76. The van der Waals surface area contributed by atoms with E-state index in [9.17, 15) is 9.59 Å². The molecular weight excluding hydrogens is 340 g/mol. The third-order valence-corrected chi connectivity index (χ3v) is 5.62. The van der Waals surface area contributed by atoms with Crippen molar-refractivity contribution in [2.45, 2.75) is 59.5 Å². The Bertz CT molecular complexity index is 736. The van der Waals surface area contributed by atoms with Crippen LogP contribution in [0, 0.1) is 35.0 Å². The maximum atomic E-state index is 12.6. The molecule has 0 aliphatic heterocycles. The molecule has 1 aromatic carbocycles. The van der Waals surface area contributed by atoms with Gasteiger partial charge in [-0.1, -0.05) is 34.1 Å². The predicted octanol–water partition coefficient (Wildman–Crippen LogP) is 4.35. The highest BCUT2D eigenvalue weighted by Crippen LogP contribution is 2.35. The molecule has 0 heterocycles. The summed E-state index contributed by atoms with van der Waals surface area (Å²) >= 11 is 0. The SMILES string of the molecule is CC(C)[C@@H]1CC[C@@H](C)C[C@H]1OC(=O)C[C@@H](C)C(=O)c1ccc(C#N)c(N)c1. The number of carbonyl (C=O) groups is 2. The van der Waals surface area contributed by atoms with Gasteiger partial charge < -0.3 is 10.5 Å². The van der Waals surface area contributed by atoms with Gasteiger partial charge in [-0.3, -0.25) is 9.59 Å². The number of ketones is 1. The smallest absolute Gasteiger partial charge is 0.306 e. The van der Waals surface area contributed by atoms with E-state index in [1.807, 2.05) is 6.07 Å². The van der Waals surface area contributed by atoms with Gasteiger partial charge in [0.15, 0.2) is 5.78 Å². The molecule has 5 nitrogen and oxygen atoms in total. The molecule has 1 aliphatic carbocycles. The van der Waals surface area contributed by atoms with Crippen LogP contribution in [0.5, 0.6) is 0 Å². The van der Waals surface area contributed by atoms with Gasteiger partial charge in [0.2, 0.25) is 0 Å². The zero-order chi connectivity index (χ0) is 20.1. The summed E-state index contributed by atoms with van der Waals surface area (Å²) < 4.78 is 5.79. The summed E-state index contributed by atoms with van der Waals surface area (Å²) in [5, 5.41) is 8.93. The molecule has 1 aliphatic rings. The Morgan fingerprint density at radius 1 is 1.30 bits per heavy atom. The summed E-state index contributed by atoms with van der Waals surface area (Å²) in [6.07, 6.45) is 3.13. The first-order valence-corrected chi connectivity index (χ1v) is 9.76. The Kier molecular flexibility index (Phi) is 7.01. The van der Waals surface area contributed by atoms with Crippen molar-refractivity contribution in [2.24, 2.45) is 23.7 Å². The largest absolute Gasteiger partial charge is 0.462 e. The third-order valence-electron chi connectivity index (χ3n) is 5.62. The van der Waals surface area contributed by atoms with Crippen LogP contribution >= 0.6 is 0 Å². The van der Waals surface area contributed by atoms with Crippen molar-refractivity contribution in [1.29, 1.82) is 5.26 Å². The van der Waals surface area contributed by atoms with Crippen molar-refractivity contribution in [1.82, 2.24) is 0 Å². The topological polar surface area (TPSA) is 93.2 Å². The van der Waals surface area contributed by atoms with Gasteiger partial charge in [-0.2, -0.15) is 5.26 Å². The quantitative estimate of drug-likeness (QED) is 0.456. The zero-order valence-electron chi connectivity index (χ0n) is 16.7. The van der Waals surface area contributed by atoms with Crippen LogP contribution in [-0.4, -0.2) is 17.9 Å². The second kappa shape index (κ2) is 9.03. The number of benzene rings is 1. The lowest BCUT2D eigenvalue weighted by Crippen LogP contribution is -2.36. The van der Waals surface area contributed by atoms with Crippen LogP contribution in [-0.2, 0) is 9.53 Å². The van der Waals surface area contributed by atoms with Crippen LogP contribution in [0.4, 0.5) is 5.69 Å². The van der Waals surface area contributed by atoms with Crippen molar-refractivity contribution < 1.29 is 14.3 Å². The van der Waals surface area contributed by atoms with Crippen LogP contribution in [0.3, 0.4) is 0 Å². The summed E-state index contributed by atoms with van der Waals surface area (Å²) in [6, 6.07) is 6.59. The summed E-state index contributed by atoms with van der Waals surface area (Å²) in [4.78, 5) is 25.1. The fourth-order valence-corrected chi connectivity index (χ4v) is 3.91. The van der Waals surface area contributed by atoms with Gasteiger partial charge in [0.05, 0.1) is 17.7 Å². The number of rotatable bonds is 6. The summed E-state index contributed by atoms with van der Waals surface area (Å²) in [5.74, 6) is 0.426. The Hall–Kier alpha value is -2.35. The van der Waals surface area contributed by atoms with Crippen molar-refractivity contribution in [3.8, 4) is 6.07 Å². The number of Topliss-reactive ketones (excluding diaryl/α,β-unsaturated/α-hetero) is 1. The van der Waals surface area contributed by atoms with Gasteiger partial charge in [0, 0.05) is 11.5 Å². The van der Waals surface area contributed by atoms with Crippen molar-refractivity contribution in [3.63, 3.8) is 0 Å². The van der Waals surface area contributed by atoms with E-state index in [1.54, 1.807) is 13.0 Å². The summed E-state index contributed by atoms with van der Waals surface area (Å²) in [6.45, 7) is 8.26. The molecule has 0 bridgehead atoms. The van der Waals surface area contributed by atoms with Crippen molar-refractivity contribution >= 4 is 17.4 Å². The van der Waals surface area contributed by atoms with E-state index < -0.39 is 5.92 Å². The molecule has 2 rings (SSSR count). The molecule has 2 N–H and O–H groups in total.